The second kappa shape index (κ2) is 7.61. The van der Waals surface area contributed by atoms with E-state index in [4.69, 9.17) is 4.74 Å². The lowest BCUT2D eigenvalue weighted by Gasteiger charge is -2.26. The second-order valence-electron chi connectivity index (χ2n) is 7.65. The molecule has 0 spiro atoms. The molecule has 0 fully saturated rings. The van der Waals surface area contributed by atoms with Gasteiger partial charge in [-0.25, -0.2) is 0 Å². The third kappa shape index (κ3) is 3.27. The molecule has 0 unspecified atom stereocenters. The van der Waals surface area contributed by atoms with Crippen molar-refractivity contribution in [3.8, 4) is 17.0 Å². The maximum atomic E-state index is 13.1. The van der Waals surface area contributed by atoms with Gasteiger partial charge in [-0.3, -0.25) is 9.48 Å². The van der Waals surface area contributed by atoms with Crippen LogP contribution >= 0.6 is 11.3 Å². The first kappa shape index (κ1) is 18.9. The average molecular weight is 418 g/mol. The van der Waals surface area contributed by atoms with E-state index in [9.17, 15) is 4.79 Å². The zero-order valence-electron chi connectivity index (χ0n) is 17.0. The minimum atomic E-state index is -0.0190. The highest BCUT2D eigenvalue weighted by molar-refractivity contribution is 7.20. The smallest absolute Gasteiger partial charge is 0.261 e. The third-order valence-corrected chi connectivity index (χ3v) is 6.95. The summed E-state index contributed by atoms with van der Waals surface area (Å²) in [6.07, 6.45) is 3.16. The third-order valence-electron chi connectivity index (χ3n) is 5.75. The van der Waals surface area contributed by atoms with Gasteiger partial charge in [0.1, 0.15) is 16.3 Å². The Labute approximate surface area is 179 Å². The lowest BCUT2D eigenvalue weighted by Crippen LogP contribution is -2.30. The van der Waals surface area contributed by atoms with Crippen LogP contribution in [0.1, 0.15) is 39.7 Å². The van der Waals surface area contributed by atoms with Gasteiger partial charge in [0.2, 0.25) is 0 Å². The molecule has 1 N–H and O–H groups in total. The topological polar surface area (TPSA) is 56.2 Å². The molecule has 2 aromatic carbocycles. The Morgan fingerprint density at radius 1 is 1.20 bits per heavy atom. The first-order chi connectivity index (χ1) is 14.6. The Bertz CT molecular complexity index is 1240. The van der Waals surface area contributed by atoms with Crippen molar-refractivity contribution in [1.82, 2.24) is 15.1 Å². The number of thiophene rings is 1. The number of hydrogen-bond acceptors (Lipinski definition) is 4. The Morgan fingerprint density at radius 2 is 2.07 bits per heavy atom. The van der Waals surface area contributed by atoms with Gasteiger partial charge in [0, 0.05) is 18.0 Å². The first-order valence-corrected chi connectivity index (χ1v) is 11.0. The van der Waals surface area contributed by atoms with Gasteiger partial charge in [0.25, 0.3) is 5.91 Å². The number of amides is 1. The molecular formula is C24H23N3O2S. The van der Waals surface area contributed by atoms with E-state index in [1.54, 1.807) is 7.11 Å². The standard InChI is InChI=1S/C24H23N3O2S/c1-27-24-19(22(26-27)16-9-5-10-17(13-16)29-2)14-21(30-24)23(28)25-20-12-6-8-15-7-3-4-11-18(15)20/h3-5,7,9-11,13-14,20H,6,8,12H2,1-2H3,(H,25,28)/t20-/m1/s1. The van der Waals surface area contributed by atoms with Crippen LogP contribution < -0.4 is 10.1 Å². The highest BCUT2D eigenvalue weighted by Gasteiger charge is 2.24. The first-order valence-electron chi connectivity index (χ1n) is 10.1. The van der Waals surface area contributed by atoms with E-state index in [-0.39, 0.29) is 11.9 Å². The van der Waals surface area contributed by atoms with Crippen LogP contribution in [0, 0.1) is 0 Å². The minimum Gasteiger partial charge on any atom is -0.497 e. The summed E-state index contributed by atoms with van der Waals surface area (Å²) in [6, 6.07) is 18.3. The summed E-state index contributed by atoms with van der Waals surface area (Å²) in [4.78, 5) is 14.8. The van der Waals surface area contributed by atoms with Crippen molar-refractivity contribution in [2.75, 3.05) is 7.11 Å². The monoisotopic (exact) mass is 417 g/mol. The lowest BCUT2D eigenvalue weighted by molar-refractivity contribution is 0.0937. The molecule has 1 amide bonds. The summed E-state index contributed by atoms with van der Waals surface area (Å²) in [5.74, 6) is 0.768. The van der Waals surface area contributed by atoms with Crippen LogP contribution in [0.3, 0.4) is 0 Å². The SMILES string of the molecule is COc1cccc(-c2nn(C)c3sc(C(=O)N[C@@H]4CCCc5ccccc54)cc23)c1. The van der Waals surface area contributed by atoms with Crippen LogP contribution in [-0.2, 0) is 13.5 Å². The number of benzene rings is 2. The number of fused-ring (bicyclic) bond motifs is 2. The number of aromatic nitrogens is 2. The van der Waals surface area contributed by atoms with E-state index >= 15 is 0 Å². The van der Waals surface area contributed by atoms with Crippen LogP contribution in [0.4, 0.5) is 0 Å². The molecule has 0 radical (unpaired) electrons. The minimum absolute atomic E-state index is 0.0190. The molecule has 0 bridgehead atoms. The van der Waals surface area contributed by atoms with E-state index in [0.717, 1.165) is 46.5 Å². The van der Waals surface area contributed by atoms with Gasteiger partial charge in [-0.2, -0.15) is 5.10 Å². The van der Waals surface area contributed by atoms with Crippen molar-refractivity contribution in [2.24, 2.45) is 7.05 Å². The summed E-state index contributed by atoms with van der Waals surface area (Å²) in [7, 11) is 3.57. The largest absolute Gasteiger partial charge is 0.497 e. The number of nitrogens with zero attached hydrogens (tertiary/aromatic N) is 2. The number of hydrogen-bond donors (Lipinski definition) is 1. The molecule has 4 aromatic rings. The molecule has 0 saturated heterocycles. The molecule has 2 aromatic heterocycles. The normalized spacial score (nSPS) is 15.7. The van der Waals surface area contributed by atoms with Crippen molar-refractivity contribution >= 4 is 27.5 Å². The molecule has 1 aliphatic rings. The molecule has 30 heavy (non-hydrogen) atoms. The molecule has 0 aliphatic heterocycles. The van der Waals surface area contributed by atoms with Crippen molar-refractivity contribution in [3.63, 3.8) is 0 Å². The summed E-state index contributed by atoms with van der Waals surface area (Å²) in [5.41, 5.74) is 4.43. The molecule has 2 heterocycles. The van der Waals surface area contributed by atoms with Gasteiger partial charge in [-0.05, 0) is 48.6 Å². The van der Waals surface area contributed by atoms with Gasteiger partial charge >= 0.3 is 0 Å². The number of nitrogens with one attached hydrogen (secondary N) is 1. The van der Waals surface area contributed by atoms with Crippen LogP contribution in [-0.4, -0.2) is 22.8 Å². The van der Waals surface area contributed by atoms with Gasteiger partial charge in [-0.15, -0.1) is 11.3 Å². The molecule has 0 saturated carbocycles. The molecule has 152 valence electrons. The quantitative estimate of drug-likeness (QED) is 0.502. The number of aryl methyl sites for hydroxylation is 2. The van der Waals surface area contributed by atoms with Crippen molar-refractivity contribution in [1.29, 1.82) is 0 Å². The van der Waals surface area contributed by atoms with E-state index in [0.29, 0.717) is 4.88 Å². The number of rotatable bonds is 4. The molecule has 6 heteroatoms. The number of ether oxygens (including phenoxy) is 1. The van der Waals surface area contributed by atoms with Gasteiger partial charge in [0.05, 0.1) is 18.0 Å². The van der Waals surface area contributed by atoms with Crippen LogP contribution in [0.25, 0.3) is 21.5 Å². The lowest BCUT2D eigenvalue weighted by atomic mass is 9.88. The highest BCUT2D eigenvalue weighted by atomic mass is 32.1. The predicted octanol–water partition coefficient (Wildman–Crippen LogP) is 5.12. The van der Waals surface area contributed by atoms with Gasteiger partial charge in [-0.1, -0.05) is 36.4 Å². The highest BCUT2D eigenvalue weighted by Crippen LogP contribution is 2.35. The molecule has 1 atom stereocenters. The van der Waals surface area contributed by atoms with E-state index < -0.39 is 0 Å². The van der Waals surface area contributed by atoms with Gasteiger partial charge in [0.15, 0.2) is 0 Å². The van der Waals surface area contributed by atoms with Crippen LogP contribution in [0.15, 0.2) is 54.6 Å². The van der Waals surface area contributed by atoms with Crippen LogP contribution in [0.2, 0.25) is 0 Å². The molecule has 1 aliphatic carbocycles. The number of carbonyl (C=O) groups is 1. The fourth-order valence-corrected chi connectivity index (χ4v) is 5.24. The van der Waals surface area contributed by atoms with Crippen molar-refractivity contribution in [3.05, 3.63) is 70.6 Å². The zero-order valence-corrected chi connectivity index (χ0v) is 17.8. The zero-order chi connectivity index (χ0) is 20.7. The van der Waals surface area contributed by atoms with Crippen molar-refractivity contribution in [2.45, 2.75) is 25.3 Å². The summed E-state index contributed by atoms with van der Waals surface area (Å²) < 4.78 is 7.20. The predicted molar refractivity (Wildman–Crippen MR) is 120 cm³/mol. The summed E-state index contributed by atoms with van der Waals surface area (Å²) in [5, 5.41) is 8.93. The second-order valence-corrected chi connectivity index (χ2v) is 8.68. The van der Waals surface area contributed by atoms with E-state index in [1.165, 1.54) is 22.5 Å². The molecule has 5 nitrogen and oxygen atoms in total. The summed E-state index contributed by atoms with van der Waals surface area (Å²) in [6.45, 7) is 0. The molecule has 5 rings (SSSR count). The van der Waals surface area contributed by atoms with Crippen molar-refractivity contribution < 1.29 is 9.53 Å². The van der Waals surface area contributed by atoms with E-state index in [2.05, 4.69) is 34.7 Å². The Kier molecular flexibility index (Phi) is 4.79. The average Bonchev–Trinajstić information content (AvgIpc) is 3.35. The Hall–Kier alpha value is -3.12. The number of carbonyl (C=O) groups excluding carboxylic acids is 1. The van der Waals surface area contributed by atoms with E-state index in [1.807, 2.05) is 42.1 Å². The van der Waals surface area contributed by atoms with Gasteiger partial charge < -0.3 is 10.1 Å². The maximum absolute atomic E-state index is 13.1. The number of methoxy groups -OCH3 is 1. The Morgan fingerprint density at radius 3 is 2.93 bits per heavy atom. The molecular weight excluding hydrogens is 394 g/mol. The van der Waals surface area contributed by atoms with Crippen LogP contribution in [0.5, 0.6) is 5.75 Å². The fourth-order valence-electron chi connectivity index (χ4n) is 4.27. The Balaban J connectivity index is 1.47. The maximum Gasteiger partial charge on any atom is 0.261 e. The summed E-state index contributed by atoms with van der Waals surface area (Å²) >= 11 is 1.48. The fraction of sp³-hybridized carbons (Fsp3) is 0.250.